The van der Waals surface area contributed by atoms with Crippen LogP contribution in [0.4, 0.5) is 0 Å². The lowest BCUT2D eigenvalue weighted by Crippen LogP contribution is -1.74. The van der Waals surface area contributed by atoms with E-state index in [0.717, 1.165) is 0 Å². The molecule has 0 atom stereocenters. The third-order valence-corrected chi connectivity index (χ3v) is 2.61. The molecule has 0 aliphatic carbocycles. The van der Waals surface area contributed by atoms with Gasteiger partial charge < -0.3 is 0 Å². The monoisotopic (exact) mass is 221 g/mol. The van der Waals surface area contributed by atoms with Crippen molar-refractivity contribution in [2.75, 3.05) is 0 Å². The Morgan fingerprint density at radius 3 is 1.18 bits per heavy atom. The molecule has 0 fully saturated rings. The second kappa shape index (κ2) is 5.01. The van der Waals surface area contributed by atoms with Crippen LogP contribution in [0.5, 0.6) is 0 Å². The molecule has 3 nitrogen and oxygen atoms in total. The fourth-order valence-electron chi connectivity index (χ4n) is 1.88. The van der Waals surface area contributed by atoms with Crippen molar-refractivity contribution in [3.8, 4) is 0 Å². The van der Waals surface area contributed by atoms with Crippen molar-refractivity contribution in [1.29, 1.82) is 5.53 Å². The molecule has 82 valence electrons. The number of fused-ring (bicyclic) bond motifs is 2. The van der Waals surface area contributed by atoms with Crippen LogP contribution in [-0.4, -0.2) is 0 Å². The van der Waals surface area contributed by atoms with Crippen molar-refractivity contribution < 1.29 is 0 Å². The highest BCUT2D eigenvalue weighted by Gasteiger charge is 1.95. The zero-order chi connectivity index (χ0) is 12.1. The third kappa shape index (κ3) is 2.36. The molecule has 3 heteroatoms. The molecule has 0 saturated heterocycles. The van der Waals surface area contributed by atoms with Gasteiger partial charge in [0, 0.05) is 0 Å². The van der Waals surface area contributed by atoms with E-state index in [1.54, 1.807) is 4.91 Å². The molecule has 0 spiro atoms. The standard InChI is InChI=1S/C14H10.HN3/c1-2-6-12-10-14-8-4-3-7-13(14)9-11(12)5-1;1-3-2/h1-10H;1H. The lowest BCUT2D eigenvalue weighted by molar-refractivity contribution is 1.45. The molecule has 17 heavy (non-hydrogen) atoms. The van der Waals surface area contributed by atoms with Crippen molar-refractivity contribution in [3.05, 3.63) is 71.1 Å². The minimum atomic E-state index is 1.31. The van der Waals surface area contributed by atoms with E-state index in [4.69, 9.17) is 11.1 Å². The lowest BCUT2D eigenvalue weighted by atomic mass is 10.0. The predicted molar refractivity (Wildman–Crippen MR) is 70.9 cm³/mol. The zero-order valence-electron chi connectivity index (χ0n) is 9.17. The number of hydrogen-bond donors (Lipinski definition) is 1. The summed E-state index contributed by atoms with van der Waals surface area (Å²) >= 11 is 0. The fourth-order valence-corrected chi connectivity index (χ4v) is 1.88. The van der Waals surface area contributed by atoms with Crippen LogP contribution in [-0.2, 0) is 0 Å². The maximum atomic E-state index is 6.86. The molecule has 0 amide bonds. The molecule has 0 unspecified atom stereocenters. The molecular formula is C14H11N3. The van der Waals surface area contributed by atoms with Gasteiger partial charge in [0.15, 0.2) is 0 Å². The van der Waals surface area contributed by atoms with Gasteiger partial charge in [-0.1, -0.05) is 48.5 Å². The van der Waals surface area contributed by atoms with Gasteiger partial charge in [-0.25, -0.2) is 0 Å². The van der Waals surface area contributed by atoms with Crippen molar-refractivity contribution in [3.63, 3.8) is 0 Å². The van der Waals surface area contributed by atoms with Gasteiger partial charge in [-0.2, -0.15) is 0 Å². The van der Waals surface area contributed by atoms with Crippen molar-refractivity contribution in [1.82, 2.24) is 0 Å². The minimum absolute atomic E-state index is 1.31. The third-order valence-electron chi connectivity index (χ3n) is 2.61. The van der Waals surface area contributed by atoms with Crippen LogP contribution in [0.15, 0.2) is 60.7 Å². The molecule has 0 bridgehead atoms. The summed E-state index contributed by atoms with van der Waals surface area (Å²) in [4.78, 5) is 1.75. The maximum absolute atomic E-state index is 6.86. The van der Waals surface area contributed by atoms with Crippen molar-refractivity contribution in [2.24, 2.45) is 0 Å². The fraction of sp³-hybridized carbons (Fsp3) is 0. The average Bonchev–Trinajstić information content (AvgIpc) is 2.37. The predicted octanol–water partition coefficient (Wildman–Crippen LogP) is 4.87. The van der Waals surface area contributed by atoms with Crippen LogP contribution in [0.25, 0.3) is 32.0 Å². The molecule has 0 saturated carbocycles. The van der Waals surface area contributed by atoms with Gasteiger partial charge in [0.1, 0.15) is 0 Å². The van der Waals surface area contributed by atoms with E-state index in [9.17, 15) is 0 Å². The molecule has 1 N–H and O–H groups in total. The summed E-state index contributed by atoms with van der Waals surface area (Å²) in [5.74, 6) is 0. The first-order valence-corrected chi connectivity index (χ1v) is 5.23. The van der Waals surface area contributed by atoms with Crippen LogP contribution in [0, 0.1) is 5.53 Å². The molecule has 0 aromatic heterocycles. The number of nitrogens with one attached hydrogen (secondary N) is 1. The van der Waals surface area contributed by atoms with E-state index in [1.165, 1.54) is 21.5 Å². The van der Waals surface area contributed by atoms with Crippen LogP contribution < -0.4 is 0 Å². The summed E-state index contributed by atoms with van der Waals surface area (Å²) < 4.78 is 0. The van der Waals surface area contributed by atoms with Gasteiger partial charge in [0.05, 0.1) is 0 Å². The van der Waals surface area contributed by atoms with E-state index in [-0.39, 0.29) is 0 Å². The van der Waals surface area contributed by atoms with Gasteiger partial charge in [-0.15, -0.1) is 5.53 Å². The quantitative estimate of drug-likeness (QED) is 0.244. The summed E-state index contributed by atoms with van der Waals surface area (Å²) in [7, 11) is 0. The first-order chi connectivity index (χ1) is 8.35. The van der Waals surface area contributed by atoms with Gasteiger partial charge in [0.2, 0.25) is 0 Å². The molecule has 0 aliphatic heterocycles. The smallest absolute Gasteiger partial charge is 0.00208 e. The highest BCUT2D eigenvalue weighted by Crippen LogP contribution is 2.21. The SMILES string of the molecule is [N-]=[N+]=N.c1ccc2cc3ccccc3cc2c1. The maximum Gasteiger partial charge on any atom is -0.00208 e. The van der Waals surface area contributed by atoms with E-state index in [2.05, 4.69) is 60.7 Å². The molecular weight excluding hydrogens is 210 g/mol. The summed E-state index contributed by atoms with van der Waals surface area (Å²) in [5, 5.41) is 5.25. The van der Waals surface area contributed by atoms with Crippen molar-refractivity contribution >= 4 is 21.5 Å². The molecule has 3 rings (SSSR count). The normalized spacial score (nSPS) is 9.41. The molecule has 0 radical (unpaired) electrons. The number of nitrogens with zero attached hydrogens (tertiary/aromatic N) is 2. The van der Waals surface area contributed by atoms with Gasteiger partial charge in [-0.05, 0) is 44.1 Å². The molecule has 0 aliphatic rings. The average molecular weight is 221 g/mol. The first-order valence-electron chi connectivity index (χ1n) is 5.23. The summed E-state index contributed by atoms with van der Waals surface area (Å²) in [6.45, 7) is 0. The molecule has 0 heterocycles. The van der Waals surface area contributed by atoms with Crippen LogP contribution >= 0.6 is 0 Å². The van der Waals surface area contributed by atoms with E-state index < -0.39 is 0 Å². The lowest BCUT2D eigenvalue weighted by Gasteiger charge is -2.00. The van der Waals surface area contributed by atoms with Gasteiger partial charge in [0.25, 0.3) is 0 Å². The Morgan fingerprint density at radius 1 is 0.706 bits per heavy atom. The zero-order valence-corrected chi connectivity index (χ0v) is 9.17. The highest BCUT2D eigenvalue weighted by molar-refractivity contribution is 5.98. The minimum Gasteiger partial charge on any atom is -0.108 e. The largest absolute Gasteiger partial charge is 0.108 e. The summed E-state index contributed by atoms with van der Waals surface area (Å²) in [5.41, 5.74) is 12.2. The van der Waals surface area contributed by atoms with Crippen LogP contribution in [0.3, 0.4) is 0 Å². The second-order valence-electron chi connectivity index (χ2n) is 3.65. The number of hydrogen-bond acceptors (Lipinski definition) is 1. The summed E-state index contributed by atoms with van der Waals surface area (Å²) in [6, 6.07) is 21.4. The van der Waals surface area contributed by atoms with Crippen LogP contribution in [0.1, 0.15) is 0 Å². The Labute approximate surface area is 98.7 Å². The Morgan fingerprint density at radius 2 is 0.941 bits per heavy atom. The Bertz CT molecular complexity index is 578. The first kappa shape index (κ1) is 11.0. The number of rotatable bonds is 0. The van der Waals surface area contributed by atoms with E-state index in [0.29, 0.717) is 0 Å². The van der Waals surface area contributed by atoms with E-state index in [1.807, 2.05) is 0 Å². The van der Waals surface area contributed by atoms with Crippen LogP contribution in [0.2, 0.25) is 0 Å². The molecule has 3 aromatic carbocycles. The number of benzene rings is 3. The van der Waals surface area contributed by atoms with E-state index >= 15 is 0 Å². The highest BCUT2D eigenvalue weighted by atomic mass is 15.0. The Balaban J connectivity index is 0.000000329. The van der Waals surface area contributed by atoms with Gasteiger partial charge >= 0.3 is 0 Å². The van der Waals surface area contributed by atoms with Gasteiger partial charge in [-0.3, -0.25) is 0 Å². The molecule has 3 aromatic rings. The summed E-state index contributed by atoms with van der Waals surface area (Å²) in [6.07, 6.45) is 0. The Hall–Kier alpha value is -2.51. The topological polar surface area (TPSA) is 60.3 Å². The second-order valence-corrected chi connectivity index (χ2v) is 3.65. The van der Waals surface area contributed by atoms with Crippen molar-refractivity contribution in [2.45, 2.75) is 0 Å². The Kier molecular flexibility index (Phi) is 3.24.